The van der Waals surface area contributed by atoms with Crippen LogP contribution in [0.1, 0.15) is 50.2 Å². The maximum Gasteiger partial charge on any atom is 0.418 e. The van der Waals surface area contributed by atoms with Gasteiger partial charge in [0.25, 0.3) is 0 Å². The number of benzene rings is 2. The van der Waals surface area contributed by atoms with Gasteiger partial charge in [0, 0.05) is 36.9 Å². The normalized spacial score (nSPS) is 17.6. The molecule has 0 radical (unpaired) electrons. The molecule has 2 aliphatic heterocycles. The van der Waals surface area contributed by atoms with Gasteiger partial charge in [-0.3, -0.25) is 4.90 Å². The minimum Gasteiger partial charge on any atom is -0.493 e. The van der Waals surface area contributed by atoms with E-state index in [1.165, 1.54) is 17.6 Å². The standard InChI is InChI=1S/C32H37Cl2NO7/c1-21-20-27(26-6-4-7-28(33)30(26)34)29(31(36)38-3)22(2)35(21)32(37)42-16-5-15-40-24-10-8-23(9-11-24)12-19-41-25-13-17-39-18-14-25/h4,6-11,20,25,27H,5,12-19H2,1-3H3. The summed E-state index contributed by atoms with van der Waals surface area (Å²) in [7, 11) is 1.30. The van der Waals surface area contributed by atoms with Crippen molar-refractivity contribution < 1.29 is 33.3 Å². The van der Waals surface area contributed by atoms with Gasteiger partial charge in [0.2, 0.25) is 0 Å². The highest BCUT2D eigenvalue weighted by atomic mass is 35.5. The van der Waals surface area contributed by atoms with Gasteiger partial charge >= 0.3 is 12.1 Å². The van der Waals surface area contributed by atoms with E-state index in [0.29, 0.717) is 52.7 Å². The molecule has 2 heterocycles. The number of nitrogens with zero attached hydrogens (tertiary/aromatic N) is 1. The summed E-state index contributed by atoms with van der Waals surface area (Å²) in [5.74, 6) is -0.356. The molecule has 2 aliphatic rings. The molecule has 1 amide bonds. The zero-order valence-corrected chi connectivity index (χ0v) is 25.7. The number of amides is 1. The number of halogens is 2. The Labute approximate surface area is 257 Å². The van der Waals surface area contributed by atoms with Gasteiger partial charge < -0.3 is 23.7 Å². The molecule has 226 valence electrons. The lowest BCUT2D eigenvalue weighted by molar-refractivity contribution is -0.136. The molecule has 1 fully saturated rings. The van der Waals surface area contributed by atoms with Crippen LogP contribution in [-0.2, 0) is 30.2 Å². The first-order chi connectivity index (χ1) is 20.3. The molecule has 2 aromatic rings. The number of rotatable bonds is 11. The second-order valence-corrected chi connectivity index (χ2v) is 10.9. The summed E-state index contributed by atoms with van der Waals surface area (Å²) in [6.07, 6.45) is 4.74. The van der Waals surface area contributed by atoms with Gasteiger partial charge in [0.05, 0.1) is 48.7 Å². The molecule has 4 rings (SSSR count). The average Bonchev–Trinajstić information content (AvgIpc) is 2.99. The quantitative estimate of drug-likeness (QED) is 0.197. The molecule has 0 aliphatic carbocycles. The highest BCUT2D eigenvalue weighted by Crippen LogP contribution is 2.41. The van der Waals surface area contributed by atoms with Crippen LogP contribution in [0.2, 0.25) is 10.0 Å². The minimum absolute atomic E-state index is 0.147. The summed E-state index contributed by atoms with van der Waals surface area (Å²) in [5, 5.41) is 0.713. The van der Waals surface area contributed by atoms with Crippen LogP contribution < -0.4 is 4.74 Å². The van der Waals surface area contributed by atoms with Crippen molar-refractivity contribution in [2.75, 3.05) is 40.1 Å². The molecule has 0 N–H and O–H groups in total. The molecular weight excluding hydrogens is 581 g/mol. The summed E-state index contributed by atoms with van der Waals surface area (Å²) in [6, 6.07) is 13.2. The number of hydrogen-bond acceptors (Lipinski definition) is 7. The maximum absolute atomic E-state index is 13.1. The fraction of sp³-hybridized carbons (Fsp3) is 0.438. The highest BCUT2D eigenvalue weighted by Gasteiger charge is 2.35. The fourth-order valence-corrected chi connectivity index (χ4v) is 5.52. The van der Waals surface area contributed by atoms with E-state index in [0.717, 1.165) is 38.2 Å². The molecule has 8 nitrogen and oxygen atoms in total. The summed E-state index contributed by atoms with van der Waals surface area (Å²) in [4.78, 5) is 27.3. The van der Waals surface area contributed by atoms with E-state index in [2.05, 4.69) is 0 Å². The van der Waals surface area contributed by atoms with Crippen molar-refractivity contribution in [3.8, 4) is 5.75 Å². The SMILES string of the molecule is COC(=O)C1=C(C)N(C(=O)OCCCOc2ccc(CCOC3CCOCC3)cc2)C(C)=CC1c1cccc(Cl)c1Cl. The lowest BCUT2D eigenvalue weighted by Gasteiger charge is -2.33. The highest BCUT2D eigenvalue weighted by molar-refractivity contribution is 6.42. The molecule has 1 unspecified atom stereocenters. The van der Waals surface area contributed by atoms with Crippen LogP contribution in [0.4, 0.5) is 4.79 Å². The average molecular weight is 619 g/mol. The molecule has 1 saturated heterocycles. The first kappa shape index (κ1) is 31.9. The first-order valence-corrected chi connectivity index (χ1v) is 14.8. The molecule has 10 heteroatoms. The molecule has 1 atom stereocenters. The van der Waals surface area contributed by atoms with Gasteiger partial charge in [0.1, 0.15) is 5.75 Å². The number of allylic oxidation sites excluding steroid dienone is 3. The zero-order valence-electron chi connectivity index (χ0n) is 24.2. The number of esters is 1. The van der Waals surface area contributed by atoms with Crippen LogP contribution in [0, 0.1) is 0 Å². The van der Waals surface area contributed by atoms with Gasteiger partial charge in [-0.15, -0.1) is 0 Å². The third kappa shape index (κ3) is 8.07. The molecule has 2 aromatic carbocycles. The van der Waals surface area contributed by atoms with Crippen molar-refractivity contribution in [3.63, 3.8) is 0 Å². The van der Waals surface area contributed by atoms with Crippen molar-refractivity contribution in [2.24, 2.45) is 0 Å². The molecule has 0 saturated carbocycles. The maximum atomic E-state index is 13.1. The van der Waals surface area contributed by atoms with E-state index in [1.54, 1.807) is 38.1 Å². The van der Waals surface area contributed by atoms with Crippen LogP contribution in [0.3, 0.4) is 0 Å². The summed E-state index contributed by atoms with van der Waals surface area (Å²) in [6.45, 7) is 6.22. The van der Waals surface area contributed by atoms with Crippen molar-refractivity contribution in [2.45, 2.75) is 51.6 Å². The Morgan fingerprint density at radius 3 is 2.45 bits per heavy atom. The minimum atomic E-state index is -0.592. The monoisotopic (exact) mass is 617 g/mol. The van der Waals surface area contributed by atoms with Gasteiger partial charge in [-0.05, 0) is 62.4 Å². The van der Waals surface area contributed by atoms with E-state index in [9.17, 15) is 9.59 Å². The number of carbonyl (C=O) groups excluding carboxylic acids is 2. The van der Waals surface area contributed by atoms with Crippen molar-refractivity contribution in [3.05, 3.63) is 86.7 Å². The van der Waals surface area contributed by atoms with E-state index in [4.69, 9.17) is 46.9 Å². The number of hydrogen-bond donors (Lipinski definition) is 0. The topological polar surface area (TPSA) is 83.5 Å². The lowest BCUT2D eigenvalue weighted by atomic mass is 9.86. The predicted octanol–water partition coefficient (Wildman–Crippen LogP) is 7.09. The Kier molecular flexibility index (Phi) is 11.7. The Balaban J connectivity index is 1.26. The molecule has 0 spiro atoms. The van der Waals surface area contributed by atoms with Crippen molar-refractivity contribution >= 4 is 35.3 Å². The fourth-order valence-electron chi connectivity index (χ4n) is 5.09. The summed E-state index contributed by atoms with van der Waals surface area (Å²) in [5.41, 5.74) is 3.11. The van der Waals surface area contributed by atoms with Crippen LogP contribution in [0.25, 0.3) is 0 Å². The van der Waals surface area contributed by atoms with E-state index >= 15 is 0 Å². The van der Waals surface area contributed by atoms with Crippen molar-refractivity contribution in [1.82, 2.24) is 4.90 Å². The Hall–Kier alpha value is -3.04. The van der Waals surface area contributed by atoms with Gasteiger partial charge in [-0.2, -0.15) is 0 Å². The predicted molar refractivity (Wildman–Crippen MR) is 161 cm³/mol. The van der Waals surface area contributed by atoms with E-state index in [-0.39, 0.29) is 12.2 Å². The first-order valence-electron chi connectivity index (χ1n) is 14.1. The number of methoxy groups -OCH3 is 1. The van der Waals surface area contributed by atoms with Crippen LogP contribution in [0.5, 0.6) is 5.75 Å². The third-order valence-corrected chi connectivity index (χ3v) is 8.15. The second kappa shape index (κ2) is 15.4. The summed E-state index contributed by atoms with van der Waals surface area (Å²) < 4.78 is 27.7. The van der Waals surface area contributed by atoms with Gasteiger partial charge in [-0.25, -0.2) is 9.59 Å². The Morgan fingerprint density at radius 2 is 1.74 bits per heavy atom. The lowest BCUT2D eigenvalue weighted by Crippen LogP contribution is -2.35. The number of carbonyl (C=O) groups is 2. The van der Waals surface area contributed by atoms with E-state index < -0.39 is 18.0 Å². The van der Waals surface area contributed by atoms with Crippen molar-refractivity contribution in [1.29, 1.82) is 0 Å². The molecular formula is C32H37Cl2NO7. The van der Waals surface area contributed by atoms with E-state index in [1.807, 2.05) is 24.3 Å². The van der Waals surface area contributed by atoms with Crippen LogP contribution >= 0.6 is 23.2 Å². The second-order valence-electron chi connectivity index (χ2n) is 10.1. The van der Waals surface area contributed by atoms with Gasteiger partial charge in [0.15, 0.2) is 0 Å². The zero-order chi connectivity index (χ0) is 30.1. The Bertz CT molecular complexity index is 1300. The third-order valence-electron chi connectivity index (χ3n) is 7.32. The smallest absolute Gasteiger partial charge is 0.418 e. The largest absolute Gasteiger partial charge is 0.493 e. The molecule has 0 bridgehead atoms. The van der Waals surface area contributed by atoms with Crippen LogP contribution in [-0.4, -0.2) is 63.2 Å². The molecule has 0 aromatic heterocycles. The number of ether oxygens (including phenoxy) is 5. The Morgan fingerprint density at radius 1 is 1.00 bits per heavy atom. The molecule has 42 heavy (non-hydrogen) atoms. The summed E-state index contributed by atoms with van der Waals surface area (Å²) >= 11 is 12.7. The van der Waals surface area contributed by atoms with Crippen LogP contribution in [0.15, 0.2) is 65.5 Å². The van der Waals surface area contributed by atoms with Gasteiger partial charge in [-0.1, -0.05) is 53.5 Å².